The number of piperazine rings is 2. The molecule has 2 fully saturated rings. The quantitative estimate of drug-likeness (QED) is 0.513. The maximum Gasteiger partial charge on any atom is 0.416 e. The summed E-state index contributed by atoms with van der Waals surface area (Å²) >= 11 is 0. The van der Waals surface area contributed by atoms with Crippen LogP contribution in [0.3, 0.4) is 0 Å². The molecule has 0 amide bonds. The van der Waals surface area contributed by atoms with Gasteiger partial charge in [-0.25, -0.2) is 0 Å². The first-order chi connectivity index (χ1) is 16.1. The second-order valence-corrected chi connectivity index (χ2v) is 8.10. The minimum atomic E-state index is -4.68. The van der Waals surface area contributed by atoms with Crippen LogP contribution in [0.4, 0.5) is 41.6 Å². The molecule has 1 N–H and O–H groups in total. The Kier molecular flexibility index (Phi) is 6.46. The van der Waals surface area contributed by atoms with Crippen LogP contribution in [-0.4, -0.2) is 62.2 Å². The van der Waals surface area contributed by atoms with Gasteiger partial charge in [0.1, 0.15) is 11.4 Å². The summed E-state index contributed by atoms with van der Waals surface area (Å²) in [5.74, 6) is 0. The Balaban J connectivity index is 1.56. The lowest BCUT2D eigenvalue weighted by Gasteiger charge is -2.37. The first-order valence-electron chi connectivity index (χ1n) is 10.7. The van der Waals surface area contributed by atoms with Crippen molar-refractivity contribution in [2.45, 2.75) is 6.18 Å². The van der Waals surface area contributed by atoms with Crippen molar-refractivity contribution in [2.75, 3.05) is 67.1 Å². The summed E-state index contributed by atoms with van der Waals surface area (Å²) in [7, 11) is 0. The van der Waals surface area contributed by atoms with Gasteiger partial charge in [-0.1, -0.05) is 0 Å². The van der Waals surface area contributed by atoms with Crippen molar-refractivity contribution >= 4 is 28.4 Å². The van der Waals surface area contributed by atoms with Gasteiger partial charge < -0.3 is 20.0 Å². The Morgan fingerprint density at radius 3 is 1.88 bits per heavy atom. The van der Waals surface area contributed by atoms with Crippen LogP contribution >= 0.6 is 0 Å². The number of anilines is 3. The SMILES string of the molecule is O=[N+]([O-])c1ccc(N2CCNCC2)cc1N1CCN(c2ccc(C(F)(F)F)cc2[N+](=O)[O-])CC1. The largest absolute Gasteiger partial charge is 0.416 e. The maximum absolute atomic E-state index is 13.0. The lowest BCUT2D eigenvalue weighted by atomic mass is 10.1. The Morgan fingerprint density at radius 2 is 1.32 bits per heavy atom. The number of nitro benzene ring substituents is 2. The number of halogens is 3. The number of nitrogens with one attached hydrogen (secondary N) is 1. The van der Waals surface area contributed by atoms with Crippen LogP contribution in [0.1, 0.15) is 5.56 Å². The zero-order valence-corrected chi connectivity index (χ0v) is 18.1. The van der Waals surface area contributed by atoms with E-state index in [1.807, 2.05) is 4.90 Å². The minimum Gasteiger partial charge on any atom is -0.369 e. The van der Waals surface area contributed by atoms with Crippen LogP contribution in [0.15, 0.2) is 36.4 Å². The third kappa shape index (κ3) is 4.83. The zero-order chi connectivity index (χ0) is 24.5. The molecular weight excluding hydrogens is 457 g/mol. The molecule has 34 heavy (non-hydrogen) atoms. The summed E-state index contributed by atoms with van der Waals surface area (Å²) in [6, 6.07) is 7.50. The Hall–Kier alpha value is -3.61. The first kappa shape index (κ1) is 23.5. The highest BCUT2D eigenvalue weighted by Gasteiger charge is 2.34. The molecule has 2 aliphatic rings. The number of hydrogen-bond donors (Lipinski definition) is 1. The van der Waals surface area contributed by atoms with Crippen molar-refractivity contribution in [2.24, 2.45) is 0 Å². The molecule has 2 heterocycles. The van der Waals surface area contributed by atoms with E-state index in [0.29, 0.717) is 24.8 Å². The van der Waals surface area contributed by atoms with E-state index in [4.69, 9.17) is 0 Å². The van der Waals surface area contributed by atoms with E-state index in [-0.39, 0.29) is 24.5 Å². The standard InChI is InChI=1S/C21H23F3N6O4/c22-21(23,24)15-1-3-17(20(13-15)30(33)34)27-9-11-28(12-10-27)19-14-16(2-4-18(19)29(31)32)26-7-5-25-6-8-26/h1-4,13-14,25H,5-12H2. The van der Waals surface area contributed by atoms with Crippen molar-refractivity contribution in [3.8, 4) is 0 Å². The van der Waals surface area contributed by atoms with Crippen molar-refractivity contribution < 1.29 is 23.0 Å². The summed E-state index contributed by atoms with van der Waals surface area (Å²) in [6.07, 6.45) is -4.68. The molecule has 0 bridgehead atoms. The molecule has 4 rings (SSSR count). The number of rotatable bonds is 5. The van der Waals surface area contributed by atoms with Gasteiger partial charge in [0.15, 0.2) is 0 Å². The van der Waals surface area contributed by atoms with Crippen molar-refractivity contribution in [1.29, 1.82) is 0 Å². The van der Waals surface area contributed by atoms with Crippen LogP contribution in [0.5, 0.6) is 0 Å². The lowest BCUT2D eigenvalue weighted by Crippen LogP contribution is -2.47. The summed E-state index contributed by atoms with van der Waals surface area (Å²) in [6.45, 7) is 4.37. The molecule has 2 aromatic carbocycles. The molecule has 0 radical (unpaired) electrons. The van der Waals surface area contributed by atoms with Gasteiger partial charge in [0.25, 0.3) is 11.4 Å². The van der Waals surface area contributed by atoms with Gasteiger partial charge in [0.05, 0.1) is 15.4 Å². The highest BCUT2D eigenvalue weighted by molar-refractivity contribution is 5.72. The molecular formula is C21H23F3N6O4. The topological polar surface area (TPSA) is 108 Å². The maximum atomic E-state index is 13.0. The van der Waals surface area contributed by atoms with Gasteiger partial charge >= 0.3 is 6.18 Å². The van der Waals surface area contributed by atoms with E-state index in [1.165, 1.54) is 6.07 Å². The number of nitrogens with zero attached hydrogens (tertiary/aromatic N) is 5. The zero-order valence-electron chi connectivity index (χ0n) is 18.1. The highest BCUT2D eigenvalue weighted by Crippen LogP contribution is 2.38. The third-order valence-corrected chi connectivity index (χ3v) is 6.10. The van der Waals surface area contributed by atoms with E-state index in [1.54, 1.807) is 17.0 Å². The molecule has 0 saturated carbocycles. The molecule has 13 heteroatoms. The molecule has 0 atom stereocenters. The number of hydrogen-bond acceptors (Lipinski definition) is 8. The molecule has 0 unspecified atom stereocenters. The summed E-state index contributed by atoms with van der Waals surface area (Å²) in [5, 5.41) is 26.4. The van der Waals surface area contributed by atoms with Crippen molar-refractivity contribution in [1.82, 2.24) is 5.32 Å². The monoisotopic (exact) mass is 480 g/mol. The van der Waals surface area contributed by atoms with Crippen LogP contribution in [-0.2, 0) is 6.18 Å². The molecule has 0 aromatic heterocycles. The molecule has 0 spiro atoms. The average Bonchev–Trinajstić information content (AvgIpc) is 2.83. The van der Waals surface area contributed by atoms with Crippen LogP contribution < -0.4 is 20.0 Å². The summed E-state index contributed by atoms with van der Waals surface area (Å²) in [4.78, 5) is 27.5. The van der Waals surface area contributed by atoms with Gasteiger partial charge in [-0.05, 0) is 24.3 Å². The van der Waals surface area contributed by atoms with E-state index < -0.39 is 27.3 Å². The predicted molar refractivity (Wildman–Crippen MR) is 121 cm³/mol. The van der Waals surface area contributed by atoms with E-state index >= 15 is 0 Å². The van der Waals surface area contributed by atoms with Crippen molar-refractivity contribution in [3.63, 3.8) is 0 Å². The number of alkyl halides is 3. The van der Waals surface area contributed by atoms with Crippen molar-refractivity contribution in [3.05, 3.63) is 62.2 Å². The molecule has 10 nitrogen and oxygen atoms in total. The van der Waals surface area contributed by atoms with Gasteiger partial charge in [-0.3, -0.25) is 20.2 Å². The van der Waals surface area contributed by atoms with Crippen LogP contribution in [0.25, 0.3) is 0 Å². The number of benzene rings is 2. The lowest BCUT2D eigenvalue weighted by molar-refractivity contribution is -0.384. The smallest absolute Gasteiger partial charge is 0.369 e. The van der Waals surface area contributed by atoms with E-state index in [2.05, 4.69) is 10.2 Å². The highest BCUT2D eigenvalue weighted by atomic mass is 19.4. The first-order valence-corrected chi connectivity index (χ1v) is 10.7. The second-order valence-electron chi connectivity index (χ2n) is 8.10. The third-order valence-electron chi connectivity index (χ3n) is 6.10. The molecule has 2 aliphatic heterocycles. The molecule has 182 valence electrons. The predicted octanol–water partition coefficient (Wildman–Crippen LogP) is 3.26. The van der Waals surface area contributed by atoms with Crippen LogP contribution in [0.2, 0.25) is 0 Å². The number of nitro groups is 2. The van der Waals surface area contributed by atoms with Gasteiger partial charge in [0.2, 0.25) is 0 Å². The average molecular weight is 480 g/mol. The minimum absolute atomic E-state index is 0.0344. The fourth-order valence-electron chi connectivity index (χ4n) is 4.34. The fourth-order valence-corrected chi connectivity index (χ4v) is 4.34. The van der Waals surface area contributed by atoms with E-state index in [9.17, 15) is 33.4 Å². The van der Waals surface area contributed by atoms with Gasteiger partial charge in [0, 0.05) is 70.2 Å². The van der Waals surface area contributed by atoms with Gasteiger partial charge in [-0.15, -0.1) is 0 Å². The van der Waals surface area contributed by atoms with Gasteiger partial charge in [-0.2, -0.15) is 13.2 Å². The summed E-state index contributed by atoms with van der Waals surface area (Å²) in [5.41, 5.74) is -0.294. The Morgan fingerprint density at radius 1 is 0.735 bits per heavy atom. The Bertz CT molecular complexity index is 1080. The molecule has 2 aromatic rings. The molecule has 2 saturated heterocycles. The second kappa shape index (κ2) is 9.33. The van der Waals surface area contributed by atoms with Crippen LogP contribution in [0, 0.1) is 20.2 Å². The Labute approximate surface area is 192 Å². The normalized spacial score (nSPS) is 17.1. The van der Waals surface area contributed by atoms with E-state index in [0.717, 1.165) is 44.0 Å². The fraction of sp³-hybridized carbons (Fsp3) is 0.429. The summed E-state index contributed by atoms with van der Waals surface area (Å²) < 4.78 is 39.0. The molecule has 0 aliphatic carbocycles.